The zero-order chi connectivity index (χ0) is 20.8. The van der Waals surface area contributed by atoms with Crippen LogP contribution in [-0.4, -0.2) is 30.5 Å². The minimum Gasteiger partial charge on any atom is -0.497 e. The monoisotopic (exact) mass is 391 g/mol. The Morgan fingerprint density at radius 1 is 1.17 bits per heavy atom. The maximum Gasteiger partial charge on any atom is 0.336 e. The van der Waals surface area contributed by atoms with Gasteiger partial charge in [0.2, 0.25) is 5.91 Å². The Kier molecular flexibility index (Phi) is 6.50. The van der Waals surface area contributed by atoms with Gasteiger partial charge in [0.1, 0.15) is 12.4 Å². The summed E-state index contributed by atoms with van der Waals surface area (Å²) in [6.45, 7) is 5.92. The fraction of sp³-hybridized carbons (Fsp3) is 0.250. The molecule has 3 rings (SSSR count). The van der Waals surface area contributed by atoms with E-state index in [1.807, 2.05) is 54.6 Å². The molecule has 2 aromatic rings. The number of ether oxygens (including phenoxy) is 2. The summed E-state index contributed by atoms with van der Waals surface area (Å²) in [5.41, 5.74) is 3.02. The highest BCUT2D eigenvalue weighted by Crippen LogP contribution is 2.37. The largest absolute Gasteiger partial charge is 0.497 e. The van der Waals surface area contributed by atoms with Gasteiger partial charge in [-0.3, -0.25) is 4.79 Å². The van der Waals surface area contributed by atoms with Gasteiger partial charge >= 0.3 is 5.97 Å². The second kappa shape index (κ2) is 9.24. The molecule has 1 aliphatic rings. The van der Waals surface area contributed by atoms with Gasteiger partial charge in [-0.05, 0) is 30.2 Å². The van der Waals surface area contributed by atoms with Crippen molar-refractivity contribution in [3.63, 3.8) is 0 Å². The summed E-state index contributed by atoms with van der Waals surface area (Å²) in [6, 6.07) is 17.1. The lowest BCUT2D eigenvalue weighted by Gasteiger charge is -2.34. The number of nitrogens with zero attached hydrogens (tertiary/aromatic N) is 1. The first kappa shape index (κ1) is 20.4. The van der Waals surface area contributed by atoms with Crippen LogP contribution in [0.4, 0.5) is 0 Å². The quantitative estimate of drug-likeness (QED) is 0.524. The first-order valence-corrected chi connectivity index (χ1v) is 9.52. The highest BCUT2D eigenvalue weighted by atomic mass is 16.5. The van der Waals surface area contributed by atoms with Gasteiger partial charge in [-0.15, -0.1) is 0 Å². The normalized spacial score (nSPS) is 16.6. The van der Waals surface area contributed by atoms with E-state index < -0.39 is 5.97 Å². The number of carbonyl (C=O) groups is 2. The molecule has 1 amide bonds. The van der Waals surface area contributed by atoms with E-state index in [-0.39, 0.29) is 24.9 Å². The van der Waals surface area contributed by atoms with Crippen molar-refractivity contribution in [3.8, 4) is 5.75 Å². The second-order valence-electron chi connectivity index (χ2n) is 6.88. The zero-order valence-electron chi connectivity index (χ0n) is 16.8. The van der Waals surface area contributed by atoms with Crippen molar-refractivity contribution in [2.45, 2.75) is 25.8 Å². The van der Waals surface area contributed by atoms with Crippen LogP contribution in [0.2, 0.25) is 0 Å². The molecule has 5 nitrogen and oxygen atoms in total. The number of methoxy groups -OCH3 is 1. The van der Waals surface area contributed by atoms with Crippen LogP contribution in [0.3, 0.4) is 0 Å². The molecule has 0 fully saturated rings. The van der Waals surface area contributed by atoms with E-state index in [9.17, 15) is 9.59 Å². The molecule has 0 saturated heterocycles. The molecule has 1 heterocycles. The predicted molar refractivity (Wildman–Crippen MR) is 111 cm³/mol. The summed E-state index contributed by atoms with van der Waals surface area (Å²) in [6.07, 6.45) is 1.75. The molecule has 0 saturated carbocycles. The number of hydrogen-bond donors (Lipinski definition) is 0. The molecule has 0 spiro atoms. The lowest BCUT2D eigenvalue weighted by Crippen LogP contribution is -2.38. The molecule has 2 aromatic carbocycles. The molecule has 150 valence electrons. The topological polar surface area (TPSA) is 55.8 Å². The van der Waals surface area contributed by atoms with Crippen LogP contribution in [0.15, 0.2) is 78.5 Å². The van der Waals surface area contributed by atoms with Crippen LogP contribution < -0.4 is 4.74 Å². The van der Waals surface area contributed by atoms with Crippen molar-refractivity contribution in [2.24, 2.45) is 0 Å². The number of carbonyl (C=O) groups excluding carboxylic acids is 2. The van der Waals surface area contributed by atoms with Crippen molar-refractivity contribution in [2.75, 3.05) is 13.7 Å². The maximum absolute atomic E-state index is 13.0. The Bertz CT molecular complexity index is 916. The van der Waals surface area contributed by atoms with Gasteiger partial charge in [0, 0.05) is 18.0 Å². The number of esters is 1. The SMILES string of the molecule is C=CCOC(=O)C1=C(C)N(Cc2ccc(OC)cc2)C(=O)C[C@H]1c1ccccc1. The second-order valence-corrected chi connectivity index (χ2v) is 6.88. The third kappa shape index (κ3) is 4.57. The van der Waals surface area contributed by atoms with E-state index in [1.54, 1.807) is 18.9 Å². The smallest absolute Gasteiger partial charge is 0.336 e. The average Bonchev–Trinajstić information content (AvgIpc) is 2.75. The van der Waals surface area contributed by atoms with Gasteiger partial charge in [-0.1, -0.05) is 55.1 Å². The van der Waals surface area contributed by atoms with Gasteiger partial charge < -0.3 is 14.4 Å². The molecule has 0 N–H and O–H groups in total. The average molecular weight is 391 g/mol. The highest BCUT2D eigenvalue weighted by Gasteiger charge is 2.36. The van der Waals surface area contributed by atoms with Crippen molar-refractivity contribution in [1.29, 1.82) is 0 Å². The van der Waals surface area contributed by atoms with E-state index in [1.165, 1.54) is 6.08 Å². The molecule has 0 radical (unpaired) electrons. The molecule has 0 unspecified atom stereocenters. The molecule has 5 heteroatoms. The number of allylic oxidation sites excluding steroid dienone is 1. The third-order valence-corrected chi connectivity index (χ3v) is 5.08. The Labute approximate surface area is 171 Å². The van der Waals surface area contributed by atoms with Crippen molar-refractivity contribution < 1.29 is 19.1 Å². The summed E-state index contributed by atoms with van der Waals surface area (Å²) < 4.78 is 10.5. The summed E-state index contributed by atoms with van der Waals surface area (Å²) in [4.78, 5) is 27.5. The lowest BCUT2D eigenvalue weighted by molar-refractivity contribution is -0.139. The van der Waals surface area contributed by atoms with Crippen LogP contribution in [-0.2, 0) is 20.9 Å². The minimum absolute atomic E-state index is 0.0209. The number of amides is 1. The van der Waals surface area contributed by atoms with Gasteiger partial charge in [0.05, 0.1) is 19.2 Å². The van der Waals surface area contributed by atoms with Gasteiger partial charge in [0.15, 0.2) is 0 Å². The van der Waals surface area contributed by atoms with Gasteiger partial charge in [-0.25, -0.2) is 4.79 Å². The van der Waals surface area contributed by atoms with Crippen LogP contribution in [0, 0.1) is 0 Å². The first-order valence-electron chi connectivity index (χ1n) is 9.52. The molecule has 0 bridgehead atoms. The number of benzene rings is 2. The molecule has 0 aliphatic carbocycles. The fourth-order valence-electron chi connectivity index (χ4n) is 3.56. The molecule has 1 aliphatic heterocycles. The van der Waals surface area contributed by atoms with Crippen molar-refractivity contribution in [1.82, 2.24) is 4.90 Å². The number of rotatable bonds is 7. The number of hydrogen-bond acceptors (Lipinski definition) is 4. The standard InChI is InChI=1S/C24H25NO4/c1-4-14-29-24(27)23-17(2)25(16-18-10-12-20(28-3)13-11-18)22(26)15-21(23)19-8-6-5-7-9-19/h4-13,21H,1,14-16H2,2-3H3/t21-/m0/s1. The van der Waals surface area contributed by atoms with E-state index in [4.69, 9.17) is 9.47 Å². The van der Waals surface area contributed by atoms with Crippen LogP contribution in [0.1, 0.15) is 30.4 Å². The Balaban J connectivity index is 1.97. The molecular formula is C24H25NO4. The van der Waals surface area contributed by atoms with E-state index in [0.29, 0.717) is 17.8 Å². The van der Waals surface area contributed by atoms with Crippen molar-refractivity contribution >= 4 is 11.9 Å². The van der Waals surface area contributed by atoms with Crippen LogP contribution >= 0.6 is 0 Å². The summed E-state index contributed by atoms with van der Waals surface area (Å²) in [5, 5.41) is 0. The zero-order valence-corrected chi connectivity index (χ0v) is 16.8. The minimum atomic E-state index is -0.413. The lowest BCUT2D eigenvalue weighted by atomic mass is 9.83. The van der Waals surface area contributed by atoms with Gasteiger partial charge in [-0.2, -0.15) is 0 Å². The Hall–Kier alpha value is -3.34. The maximum atomic E-state index is 13.0. The summed E-state index contributed by atoms with van der Waals surface area (Å²) >= 11 is 0. The molecule has 29 heavy (non-hydrogen) atoms. The molecule has 1 atom stereocenters. The van der Waals surface area contributed by atoms with Crippen LogP contribution in [0.5, 0.6) is 5.75 Å². The van der Waals surface area contributed by atoms with Crippen LogP contribution in [0.25, 0.3) is 0 Å². The van der Waals surface area contributed by atoms with E-state index in [0.717, 1.165) is 16.9 Å². The fourth-order valence-corrected chi connectivity index (χ4v) is 3.56. The summed E-state index contributed by atoms with van der Waals surface area (Å²) in [5.74, 6) is -0.00660. The van der Waals surface area contributed by atoms with Crippen molar-refractivity contribution in [3.05, 3.63) is 89.6 Å². The Morgan fingerprint density at radius 3 is 2.48 bits per heavy atom. The van der Waals surface area contributed by atoms with E-state index >= 15 is 0 Å². The summed E-state index contributed by atoms with van der Waals surface area (Å²) in [7, 11) is 1.61. The van der Waals surface area contributed by atoms with Gasteiger partial charge in [0.25, 0.3) is 0 Å². The molecular weight excluding hydrogens is 366 g/mol. The molecule has 0 aromatic heterocycles. The first-order chi connectivity index (χ1) is 14.0. The predicted octanol–water partition coefficient (Wildman–Crippen LogP) is 4.21. The highest BCUT2D eigenvalue weighted by molar-refractivity contribution is 5.95. The Morgan fingerprint density at radius 2 is 1.86 bits per heavy atom. The van der Waals surface area contributed by atoms with E-state index in [2.05, 4.69) is 6.58 Å². The third-order valence-electron chi connectivity index (χ3n) is 5.08.